The number of hydrogen-bond donors (Lipinski definition) is 2. The van der Waals surface area contributed by atoms with E-state index in [2.05, 4.69) is 4.99 Å². The molecular formula is C14H20F2N2O4. The molecule has 1 saturated carbocycles. The minimum Gasteiger partial charge on any atom is -0.478 e. The largest absolute Gasteiger partial charge is 0.478 e. The molecule has 124 valence electrons. The minimum absolute atomic E-state index is 0.245. The van der Waals surface area contributed by atoms with Gasteiger partial charge >= 0.3 is 11.9 Å². The Kier molecular flexibility index (Phi) is 6.94. The maximum absolute atomic E-state index is 13.0. The third kappa shape index (κ3) is 4.78. The predicted octanol–water partition coefficient (Wildman–Crippen LogP) is 1.74. The molecule has 3 N–H and O–H groups in total. The molecule has 8 heteroatoms. The van der Waals surface area contributed by atoms with Crippen molar-refractivity contribution in [1.29, 1.82) is 0 Å². The van der Waals surface area contributed by atoms with Crippen LogP contribution in [0.25, 0.3) is 0 Å². The first kappa shape index (κ1) is 18.1. The topological polar surface area (TPSA) is 102 Å². The summed E-state index contributed by atoms with van der Waals surface area (Å²) in [6, 6.07) is -0.441. The molecule has 0 saturated heterocycles. The number of alkyl halides is 2. The Balaban J connectivity index is 2.76. The highest BCUT2D eigenvalue weighted by Crippen LogP contribution is 2.28. The first-order valence-corrected chi connectivity index (χ1v) is 7.08. The van der Waals surface area contributed by atoms with Crippen molar-refractivity contribution in [3.63, 3.8) is 0 Å². The van der Waals surface area contributed by atoms with E-state index in [-0.39, 0.29) is 11.9 Å². The molecule has 0 atom stereocenters. The number of hydrogen-bond acceptors (Lipinski definition) is 5. The van der Waals surface area contributed by atoms with Gasteiger partial charge in [0.1, 0.15) is 11.3 Å². The van der Waals surface area contributed by atoms with Gasteiger partial charge in [0.2, 0.25) is 0 Å². The normalized spacial score (nSPS) is 23.5. The lowest BCUT2D eigenvalue weighted by Gasteiger charge is -2.25. The number of aliphatic imine (C=N–C) groups is 1. The van der Waals surface area contributed by atoms with Crippen LogP contribution < -0.4 is 5.73 Å². The SMILES string of the molecule is CCOC(=O)C1CCC(N=C(C(=CN)C(=O)O)C(F)F)CC1. The van der Waals surface area contributed by atoms with Gasteiger partial charge in [-0.2, -0.15) is 0 Å². The Bertz CT molecular complexity index is 469. The maximum Gasteiger partial charge on any atom is 0.339 e. The van der Waals surface area contributed by atoms with E-state index >= 15 is 0 Å². The summed E-state index contributed by atoms with van der Waals surface area (Å²) < 4.78 is 30.9. The second-order valence-corrected chi connectivity index (χ2v) is 4.96. The number of carbonyl (C=O) groups is 2. The first-order chi connectivity index (χ1) is 10.4. The number of carboxylic acids is 1. The number of aliphatic carboxylic acids is 1. The van der Waals surface area contributed by atoms with Gasteiger partial charge in [0.05, 0.1) is 18.6 Å². The van der Waals surface area contributed by atoms with Crippen LogP contribution >= 0.6 is 0 Å². The summed E-state index contributed by atoms with van der Waals surface area (Å²) in [6.45, 7) is 2.02. The zero-order valence-electron chi connectivity index (χ0n) is 12.3. The molecule has 0 aromatic heterocycles. The van der Waals surface area contributed by atoms with Crippen LogP contribution in [-0.2, 0) is 14.3 Å². The van der Waals surface area contributed by atoms with Gasteiger partial charge in [-0.15, -0.1) is 0 Å². The lowest BCUT2D eigenvalue weighted by atomic mass is 9.86. The lowest BCUT2D eigenvalue weighted by molar-refractivity contribution is -0.149. The van der Waals surface area contributed by atoms with E-state index in [1.807, 2.05) is 0 Å². The van der Waals surface area contributed by atoms with Crippen molar-refractivity contribution in [2.75, 3.05) is 6.61 Å². The van der Waals surface area contributed by atoms with E-state index in [4.69, 9.17) is 15.6 Å². The molecule has 1 aliphatic rings. The smallest absolute Gasteiger partial charge is 0.339 e. The molecule has 6 nitrogen and oxygen atoms in total. The molecule has 0 bridgehead atoms. The van der Waals surface area contributed by atoms with Crippen LogP contribution in [0.5, 0.6) is 0 Å². The third-order valence-electron chi connectivity index (χ3n) is 3.52. The molecule has 0 heterocycles. The Hall–Kier alpha value is -1.99. The lowest BCUT2D eigenvalue weighted by Crippen LogP contribution is -2.28. The van der Waals surface area contributed by atoms with E-state index in [0.29, 0.717) is 38.5 Å². The second kappa shape index (κ2) is 8.45. The number of halogens is 2. The van der Waals surface area contributed by atoms with Crippen molar-refractivity contribution >= 4 is 17.7 Å². The van der Waals surface area contributed by atoms with Gasteiger partial charge in [0.15, 0.2) is 0 Å². The highest BCUT2D eigenvalue weighted by molar-refractivity contribution is 6.20. The van der Waals surface area contributed by atoms with Gasteiger partial charge < -0.3 is 15.6 Å². The zero-order chi connectivity index (χ0) is 16.7. The van der Waals surface area contributed by atoms with Gasteiger partial charge in [-0.25, -0.2) is 13.6 Å². The Morgan fingerprint density at radius 2 is 1.95 bits per heavy atom. The number of ether oxygens (including phenoxy) is 1. The van der Waals surface area contributed by atoms with Crippen LogP contribution in [0.4, 0.5) is 8.78 Å². The summed E-state index contributed by atoms with van der Waals surface area (Å²) in [5.74, 6) is -2.07. The van der Waals surface area contributed by atoms with E-state index in [0.717, 1.165) is 0 Å². The number of esters is 1. The Morgan fingerprint density at radius 3 is 2.36 bits per heavy atom. The molecule has 0 aromatic carbocycles. The fourth-order valence-corrected chi connectivity index (χ4v) is 2.41. The third-order valence-corrected chi connectivity index (χ3v) is 3.52. The van der Waals surface area contributed by atoms with Crippen LogP contribution in [0.1, 0.15) is 32.6 Å². The fraction of sp³-hybridized carbons (Fsp3) is 0.643. The van der Waals surface area contributed by atoms with Gasteiger partial charge in [0.25, 0.3) is 6.43 Å². The zero-order valence-corrected chi connectivity index (χ0v) is 12.3. The number of nitrogens with two attached hydrogens (primary N) is 1. The standard InChI is InChI=1S/C14H20F2N2O4/c1-2-22-14(21)8-3-5-9(6-4-8)18-11(12(15)16)10(7-17)13(19)20/h7-9,12H,2-6,17H2,1H3,(H,19,20). The number of rotatable bonds is 6. The second-order valence-electron chi connectivity index (χ2n) is 4.96. The molecule has 0 radical (unpaired) electrons. The molecule has 0 aliphatic heterocycles. The van der Waals surface area contributed by atoms with Crippen LogP contribution in [0.2, 0.25) is 0 Å². The molecular weight excluding hydrogens is 298 g/mol. The highest BCUT2D eigenvalue weighted by Gasteiger charge is 2.29. The van der Waals surface area contributed by atoms with Crippen molar-refractivity contribution in [3.8, 4) is 0 Å². The van der Waals surface area contributed by atoms with E-state index in [9.17, 15) is 18.4 Å². The molecule has 1 aliphatic carbocycles. The van der Waals surface area contributed by atoms with Gasteiger partial charge in [-0.3, -0.25) is 9.79 Å². The summed E-state index contributed by atoms with van der Waals surface area (Å²) in [4.78, 5) is 26.4. The highest BCUT2D eigenvalue weighted by atomic mass is 19.3. The van der Waals surface area contributed by atoms with Crippen LogP contribution in [0, 0.1) is 5.92 Å². The van der Waals surface area contributed by atoms with E-state index < -0.39 is 29.7 Å². The quantitative estimate of drug-likeness (QED) is 0.441. The van der Waals surface area contributed by atoms with Crippen molar-refractivity contribution in [3.05, 3.63) is 11.8 Å². The molecule has 0 amide bonds. The molecule has 0 unspecified atom stereocenters. The molecule has 0 aromatic rings. The van der Waals surface area contributed by atoms with Crippen molar-refractivity contribution < 1.29 is 28.2 Å². The summed E-state index contributed by atoms with van der Waals surface area (Å²) in [7, 11) is 0. The van der Waals surface area contributed by atoms with Gasteiger partial charge in [-0.1, -0.05) is 0 Å². The van der Waals surface area contributed by atoms with Crippen molar-refractivity contribution in [1.82, 2.24) is 0 Å². The minimum atomic E-state index is -3.02. The van der Waals surface area contributed by atoms with Crippen molar-refractivity contribution in [2.45, 2.75) is 45.1 Å². The number of nitrogens with zero attached hydrogens (tertiary/aromatic N) is 1. The fourth-order valence-electron chi connectivity index (χ4n) is 2.41. The summed E-state index contributed by atoms with van der Waals surface area (Å²) in [5, 5.41) is 8.87. The Labute approximate surface area is 127 Å². The monoisotopic (exact) mass is 318 g/mol. The Morgan fingerprint density at radius 1 is 1.36 bits per heavy atom. The maximum atomic E-state index is 13.0. The number of carboxylic acid groups (broad SMARTS) is 1. The van der Waals surface area contributed by atoms with Crippen LogP contribution in [0.3, 0.4) is 0 Å². The van der Waals surface area contributed by atoms with Gasteiger partial charge in [0, 0.05) is 6.20 Å². The predicted molar refractivity (Wildman–Crippen MR) is 75.7 cm³/mol. The molecule has 22 heavy (non-hydrogen) atoms. The molecule has 1 fully saturated rings. The molecule has 1 rings (SSSR count). The molecule has 0 spiro atoms. The van der Waals surface area contributed by atoms with E-state index in [1.54, 1.807) is 6.92 Å². The van der Waals surface area contributed by atoms with E-state index in [1.165, 1.54) is 0 Å². The number of carbonyl (C=O) groups excluding carboxylic acids is 1. The van der Waals surface area contributed by atoms with Crippen LogP contribution in [0.15, 0.2) is 16.8 Å². The van der Waals surface area contributed by atoms with Crippen molar-refractivity contribution in [2.24, 2.45) is 16.6 Å². The average Bonchev–Trinajstić information content (AvgIpc) is 2.47. The van der Waals surface area contributed by atoms with Crippen LogP contribution in [-0.4, -0.2) is 41.8 Å². The van der Waals surface area contributed by atoms with Gasteiger partial charge in [-0.05, 0) is 32.6 Å². The summed E-state index contributed by atoms with van der Waals surface area (Å²) in [5.41, 5.74) is 3.59. The average molecular weight is 318 g/mol. The summed E-state index contributed by atoms with van der Waals surface area (Å²) >= 11 is 0. The summed E-state index contributed by atoms with van der Waals surface area (Å²) in [6.07, 6.45) is -0.573. The first-order valence-electron chi connectivity index (χ1n) is 7.08.